The number of sulfonamides is 1. The Morgan fingerprint density at radius 2 is 1.66 bits per heavy atom. The van der Waals surface area contributed by atoms with Gasteiger partial charge in [0, 0.05) is 105 Å². The van der Waals surface area contributed by atoms with E-state index in [9.17, 15) is 36.5 Å². The van der Waals surface area contributed by atoms with Crippen LogP contribution in [0.25, 0.3) is 16.5 Å². The summed E-state index contributed by atoms with van der Waals surface area (Å²) >= 11 is 6.24. The van der Waals surface area contributed by atoms with Crippen LogP contribution in [-0.4, -0.2) is 105 Å². The number of piperidine rings is 1. The first-order chi connectivity index (χ1) is 33.4. The molecule has 9 rings (SSSR count). The van der Waals surface area contributed by atoms with Gasteiger partial charge in [0.2, 0.25) is 0 Å². The first-order valence-corrected chi connectivity index (χ1v) is 25.6. The maximum absolute atomic E-state index is 14.1. The van der Waals surface area contributed by atoms with Crippen molar-refractivity contribution in [2.75, 3.05) is 69.2 Å². The number of alkyl halides is 3. The number of benzene rings is 4. The van der Waals surface area contributed by atoms with Gasteiger partial charge >= 0.3 is 6.18 Å². The number of piperazine rings is 1. The quantitative estimate of drug-likeness (QED) is 0.0760. The number of aromatic amines is 1. The summed E-state index contributed by atoms with van der Waals surface area (Å²) in [6.45, 7) is 11.2. The molecular weight excluding hydrogens is 947 g/mol. The predicted molar refractivity (Wildman–Crippen MR) is 264 cm³/mol. The summed E-state index contributed by atoms with van der Waals surface area (Å²) in [5, 5.41) is 16.4. The average Bonchev–Trinajstić information content (AvgIpc) is 3.80. The van der Waals surface area contributed by atoms with Gasteiger partial charge < -0.3 is 29.6 Å². The summed E-state index contributed by atoms with van der Waals surface area (Å²) in [5.74, 6) is -1.22. The van der Waals surface area contributed by atoms with Gasteiger partial charge in [-0.15, -0.1) is 0 Å². The SMILES string of the molecule is CC1(C)CCC(CN2CCN(c3ccc(C(=O)NS(=O)(=O)c4ccc(NC5CCN(C6CCOCC6)CC5)c([N+](=O)[O-])c4)c(Oc4cccc5[nH]c(C(F)(F)F)cc45)c3)CC2)=C(c2ccc(Cl)cc2)C1. The highest BCUT2D eigenvalue weighted by Gasteiger charge is 2.35. The molecule has 0 unspecified atom stereocenters. The number of ether oxygens (including phenoxy) is 2. The Morgan fingerprint density at radius 1 is 0.929 bits per heavy atom. The second-order valence-electron chi connectivity index (χ2n) is 19.5. The Bertz CT molecular complexity index is 2890. The zero-order valence-corrected chi connectivity index (χ0v) is 40.7. The summed E-state index contributed by atoms with van der Waals surface area (Å²) in [6.07, 6.45) is 1.78. The van der Waals surface area contributed by atoms with Crippen LogP contribution in [-0.2, 0) is 20.9 Å². The number of fused-ring (bicyclic) bond motifs is 1. The average molecular weight is 1000 g/mol. The van der Waals surface area contributed by atoms with Crippen molar-refractivity contribution in [3.63, 3.8) is 0 Å². The van der Waals surface area contributed by atoms with E-state index in [0.717, 1.165) is 103 Å². The van der Waals surface area contributed by atoms with E-state index in [1.54, 1.807) is 12.1 Å². The molecular formula is C51H57ClF3N7O7S. The molecule has 0 spiro atoms. The lowest BCUT2D eigenvalue weighted by atomic mass is 9.72. The van der Waals surface area contributed by atoms with Crippen molar-refractivity contribution < 1.29 is 40.8 Å². The number of nitro groups is 1. The Balaban J connectivity index is 0.940. The van der Waals surface area contributed by atoms with Crippen LogP contribution in [0.15, 0.2) is 95.4 Å². The summed E-state index contributed by atoms with van der Waals surface area (Å²) in [6, 6.07) is 21.9. The highest BCUT2D eigenvalue weighted by atomic mass is 35.5. The van der Waals surface area contributed by atoms with Gasteiger partial charge in [0.25, 0.3) is 21.6 Å². The lowest BCUT2D eigenvalue weighted by Crippen LogP contribution is -2.47. The normalized spacial score (nSPS) is 19.1. The Morgan fingerprint density at radius 3 is 2.36 bits per heavy atom. The lowest BCUT2D eigenvalue weighted by molar-refractivity contribution is -0.384. The molecule has 3 aliphatic heterocycles. The molecule has 1 aromatic heterocycles. The first kappa shape index (κ1) is 49.3. The molecule has 19 heteroatoms. The molecule has 3 saturated heterocycles. The standard InChI is InChI=1S/C51H57ClF3N7O7S/c1-50(2)19-14-34(42(31-50)33-6-8-35(52)9-7-33)32-59-22-24-61(25-23-59)38-10-12-40(47(28-38)69-46-5-3-4-43-41(46)30-48(57-43)51(53,54)55)49(63)58-70(66,67)39-11-13-44(45(29-39)62(64)65)56-36-15-20-60(21-16-36)37-17-26-68-27-18-37/h3-13,28-30,36-37,56-57H,14-27,31-32H2,1-2H3,(H,58,63). The van der Waals surface area contributed by atoms with E-state index in [1.165, 1.54) is 53.1 Å². The highest BCUT2D eigenvalue weighted by molar-refractivity contribution is 7.90. The third-order valence-electron chi connectivity index (χ3n) is 14.2. The van der Waals surface area contributed by atoms with Crippen molar-refractivity contribution in [2.45, 2.75) is 81.9 Å². The monoisotopic (exact) mass is 1000 g/mol. The molecule has 14 nitrogen and oxygen atoms in total. The van der Waals surface area contributed by atoms with Gasteiger partial charge in [0.15, 0.2) is 0 Å². The van der Waals surface area contributed by atoms with E-state index in [0.29, 0.717) is 29.8 Å². The maximum atomic E-state index is 14.1. The fraction of sp³-hybridized carbons (Fsp3) is 0.431. The van der Waals surface area contributed by atoms with Crippen LogP contribution in [0, 0.1) is 15.5 Å². The van der Waals surface area contributed by atoms with Crippen LogP contribution < -0.4 is 19.7 Å². The van der Waals surface area contributed by atoms with Crippen LogP contribution in [0.4, 0.5) is 30.2 Å². The number of likely N-dealkylation sites (tertiary alicyclic amines) is 1. The van der Waals surface area contributed by atoms with Gasteiger partial charge in [-0.25, -0.2) is 13.1 Å². The van der Waals surface area contributed by atoms with E-state index in [-0.39, 0.29) is 45.1 Å². The van der Waals surface area contributed by atoms with Crippen LogP contribution in [0.3, 0.4) is 0 Å². The van der Waals surface area contributed by atoms with E-state index >= 15 is 0 Å². The molecule has 0 bridgehead atoms. The largest absolute Gasteiger partial charge is 0.456 e. The van der Waals surface area contributed by atoms with E-state index in [1.807, 2.05) is 12.1 Å². The predicted octanol–water partition coefficient (Wildman–Crippen LogP) is 10.5. The number of carbonyl (C=O) groups is 1. The Labute approximate surface area is 410 Å². The van der Waals surface area contributed by atoms with E-state index in [4.69, 9.17) is 21.1 Å². The van der Waals surface area contributed by atoms with Crippen molar-refractivity contribution in [3.8, 4) is 11.5 Å². The number of hydrogen-bond acceptors (Lipinski definition) is 11. The summed E-state index contributed by atoms with van der Waals surface area (Å²) in [5.41, 5.74) is 3.39. The number of rotatable bonds is 13. The molecule has 4 aromatic carbocycles. The molecule has 4 aliphatic rings. The molecule has 3 N–H and O–H groups in total. The fourth-order valence-corrected chi connectivity index (χ4v) is 11.3. The third kappa shape index (κ3) is 11.3. The second kappa shape index (κ2) is 20.2. The minimum Gasteiger partial charge on any atom is -0.456 e. The van der Waals surface area contributed by atoms with Gasteiger partial charge in [-0.05, 0) is 116 Å². The highest BCUT2D eigenvalue weighted by Crippen LogP contribution is 2.44. The Hall–Kier alpha value is -5.66. The van der Waals surface area contributed by atoms with Crippen LogP contribution in [0.5, 0.6) is 11.5 Å². The number of nitro benzene ring substituents is 1. The second-order valence-corrected chi connectivity index (χ2v) is 21.7. The Kier molecular flexibility index (Phi) is 14.2. The molecule has 0 atom stereocenters. The number of carbonyl (C=O) groups excluding carboxylic acids is 1. The maximum Gasteiger partial charge on any atom is 0.431 e. The number of hydrogen-bond donors (Lipinski definition) is 3. The number of halogens is 4. The van der Waals surface area contributed by atoms with Crippen molar-refractivity contribution >= 4 is 61.1 Å². The van der Waals surface area contributed by atoms with Crippen molar-refractivity contribution in [3.05, 3.63) is 122 Å². The molecule has 372 valence electrons. The van der Waals surface area contributed by atoms with Gasteiger partial charge in [-0.3, -0.25) is 19.8 Å². The molecule has 0 radical (unpaired) electrons. The first-order valence-electron chi connectivity index (χ1n) is 23.8. The number of anilines is 2. The molecule has 1 amide bonds. The van der Waals surface area contributed by atoms with Gasteiger partial charge in [0.05, 0.1) is 15.4 Å². The number of nitrogens with zero attached hydrogens (tertiary/aromatic N) is 4. The summed E-state index contributed by atoms with van der Waals surface area (Å²) < 4.78 is 83.2. The lowest BCUT2D eigenvalue weighted by Gasteiger charge is -2.39. The smallest absolute Gasteiger partial charge is 0.431 e. The summed E-state index contributed by atoms with van der Waals surface area (Å²) in [7, 11) is -4.71. The minimum absolute atomic E-state index is 0.00322. The molecule has 5 aromatic rings. The minimum atomic E-state index is -4.71. The van der Waals surface area contributed by atoms with E-state index in [2.05, 4.69) is 55.7 Å². The number of allylic oxidation sites excluding steroid dienone is 1. The van der Waals surface area contributed by atoms with Gasteiger partial charge in [-0.2, -0.15) is 13.2 Å². The zero-order valence-electron chi connectivity index (χ0n) is 39.1. The molecule has 70 heavy (non-hydrogen) atoms. The van der Waals surface area contributed by atoms with Crippen LogP contribution in [0.2, 0.25) is 5.02 Å². The molecule has 1 aliphatic carbocycles. The number of aromatic nitrogens is 1. The van der Waals surface area contributed by atoms with Crippen molar-refractivity contribution in [2.24, 2.45) is 5.41 Å². The molecule has 4 heterocycles. The van der Waals surface area contributed by atoms with Crippen molar-refractivity contribution in [1.82, 2.24) is 19.5 Å². The van der Waals surface area contributed by atoms with Gasteiger partial charge in [0.1, 0.15) is 22.9 Å². The van der Waals surface area contributed by atoms with E-state index < -0.39 is 43.3 Å². The van der Waals surface area contributed by atoms with Crippen LogP contribution in [0.1, 0.15) is 80.4 Å². The number of amides is 1. The number of nitrogens with one attached hydrogen (secondary N) is 3. The molecule has 3 fully saturated rings. The topological polar surface area (TPSA) is 162 Å². The van der Waals surface area contributed by atoms with Crippen molar-refractivity contribution in [1.29, 1.82) is 0 Å². The fourth-order valence-electron chi connectivity index (χ4n) is 10.2. The zero-order chi connectivity index (χ0) is 49.4. The van der Waals surface area contributed by atoms with Gasteiger partial charge in [-0.1, -0.05) is 49.2 Å². The number of H-pyrrole nitrogens is 1. The third-order valence-corrected chi connectivity index (χ3v) is 15.8. The van der Waals surface area contributed by atoms with Crippen LogP contribution >= 0.6 is 11.6 Å². The molecule has 0 saturated carbocycles. The summed E-state index contributed by atoms with van der Waals surface area (Å²) in [4.78, 5) is 34.6.